The molecular weight excluding hydrogens is 307 g/mol. The summed E-state index contributed by atoms with van der Waals surface area (Å²) in [6.45, 7) is 1.23. The molecule has 0 aromatic carbocycles. The fraction of sp³-hybridized carbons (Fsp3) is 0.600. The molecule has 1 aromatic heterocycles. The SMILES string of the molecule is Cc1cn(C2CC(O[PH](=O)S)[C@@H](CO)O2)c(=O)[nH]c1=O. The summed E-state index contributed by atoms with van der Waals surface area (Å²) in [6, 6.07) is 0. The number of ether oxygens (including phenoxy) is 1. The van der Waals surface area contributed by atoms with E-state index in [4.69, 9.17) is 9.26 Å². The van der Waals surface area contributed by atoms with Crippen molar-refractivity contribution in [3.8, 4) is 0 Å². The van der Waals surface area contributed by atoms with Crippen molar-refractivity contribution in [1.29, 1.82) is 0 Å². The molecule has 20 heavy (non-hydrogen) atoms. The molecule has 2 heterocycles. The molecule has 0 amide bonds. The zero-order valence-corrected chi connectivity index (χ0v) is 12.5. The number of aliphatic hydroxyl groups excluding tert-OH is 1. The van der Waals surface area contributed by atoms with Gasteiger partial charge >= 0.3 is 5.69 Å². The van der Waals surface area contributed by atoms with Crippen LogP contribution in [0.5, 0.6) is 0 Å². The summed E-state index contributed by atoms with van der Waals surface area (Å²) in [5.74, 6) is 0. The van der Waals surface area contributed by atoms with E-state index in [2.05, 4.69) is 17.2 Å². The van der Waals surface area contributed by atoms with Crippen LogP contribution in [0.25, 0.3) is 0 Å². The van der Waals surface area contributed by atoms with Gasteiger partial charge in [-0.3, -0.25) is 18.9 Å². The lowest BCUT2D eigenvalue weighted by atomic mass is 10.2. The average molecular weight is 322 g/mol. The van der Waals surface area contributed by atoms with Crippen molar-refractivity contribution in [3.63, 3.8) is 0 Å². The minimum atomic E-state index is -2.48. The predicted octanol–water partition coefficient (Wildman–Crippen LogP) is -0.170. The molecule has 4 atom stereocenters. The largest absolute Gasteiger partial charge is 0.394 e. The molecule has 8 nitrogen and oxygen atoms in total. The van der Waals surface area contributed by atoms with Crippen LogP contribution >= 0.6 is 19.5 Å². The van der Waals surface area contributed by atoms with Crippen LogP contribution in [0, 0.1) is 6.92 Å². The highest BCUT2D eigenvalue weighted by Crippen LogP contribution is 2.38. The molecule has 0 saturated carbocycles. The maximum atomic E-state index is 11.8. The molecule has 1 fully saturated rings. The molecule has 1 aromatic rings. The number of thiol groups is 1. The van der Waals surface area contributed by atoms with Crippen molar-refractivity contribution < 1.29 is 18.9 Å². The summed E-state index contributed by atoms with van der Waals surface area (Å²) in [6.07, 6.45) is -0.400. The lowest BCUT2D eigenvalue weighted by Gasteiger charge is -2.15. The van der Waals surface area contributed by atoms with Gasteiger partial charge in [-0.15, -0.1) is 0 Å². The second-order valence-corrected chi connectivity index (χ2v) is 6.31. The molecule has 1 aliphatic heterocycles. The fourth-order valence-electron chi connectivity index (χ4n) is 2.09. The Balaban J connectivity index is 2.27. The highest BCUT2D eigenvalue weighted by Gasteiger charge is 2.37. The van der Waals surface area contributed by atoms with Gasteiger partial charge in [0.1, 0.15) is 12.3 Å². The van der Waals surface area contributed by atoms with E-state index in [9.17, 15) is 19.3 Å². The Labute approximate surface area is 119 Å². The van der Waals surface area contributed by atoms with Gasteiger partial charge in [0.05, 0.1) is 12.7 Å². The van der Waals surface area contributed by atoms with Crippen LogP contribution in [0.2, 0.25) is 0 Å². The van der Waals surface area contributed by atoms with Crippen LogP contribution in [0.1, 0.15) is 18.2 Å². The third kappa shape index (κ3) is 3.24. The summed E-state index contributed by atoms with van der Waals surface area (Å²) >= 11 is 3.69. The normalized spacial score (nSPS) is 27.6. The molecule has 1 aliphatic rings. The Morgan fingerprint density at radius 1 is 1.65 bits per heavy atom. The smallest absolute Gasteiger partial charge is 0.330 e. The van der Waals surface area contributed by atoms with Gasteiger partial charge in [0.15, 0.2) is 0 Å². The predicted molar refractivity (Wildman–Crippen MR) is 74.5 cm³/mol. The Hall–Kier alpha value is -0.860. The number of aromatic nitrogens is 2. The van der Waals surface area contributed by atoms with Gasteiger partial charge in [-0.2, -0.15) is 0 Å². The molecule has 112 valence electrons. The van der Waals surface area contributed by atoms with Gasteiger partial charge < -0.3 is 14.4 Å². The number of rotatable bonds is 4. The average Bonchev–Trinajstić information content (AvgIpc) is 2.75. The zero-order valence-electron chi connectivity index (χ0n) is 10.6. The number of nitrogens with zero attached hydrogens (tertiary/aromatic N) is 1. The van der Waals surface area contributed by atoms with E-state index in [0.29, 0.717) is 5.56 Å². The highest BCUT2D eigenvalue weighted by molar-refractivity contribution is 8.39. The first-order chi connectivity index (χ1) is 9.42. The first kappa shape index (κ1) is 15.5. The van der Waals surface area contributed by atoms with Gasteiger partial charge in [-0.25, -0.2) is 4.79 Å². The van der Waals surface area contributed by atoms with Gasteiger partial charge in [-0.1, -0.05) is 12.2 Å². The minimum Gasteiger partial charge on any atom is -0.394 e. The summed E-state index contributed by atoms with van der Waals surface area (Å²) in [7, 11) is -2.48. The van der Waals surface area contributed by atoms with Crippen LogP contribution in [0.3, 0.4) is 0 Å². The van der Waals surface area contributed by atoms with Crippen LogP contribution in [-0.4, -0.2) is 33.5 Å². The Bertz CT molecular complexity index is 629. The molecule has 3 unspecified atom stereocenters. The third-order valence-electron chi connectivity index (χ3n) is 3.07. The van der Waals surface area contributed by atoms with Crippen molar-refractivity contribution in [2.45, 2.75) is 31.8 Å². The number of aliphatic hydroxyl groups is 1. The van der Waals surface area contributed by atoms with Crippen molar-refractivity contribution in [2.75, 3.05) is 6.61 Å². The summed E-state index contributed by atoms with van der Waals surface area (Å²) < 4.78 is 22.9. The van der Waals surface area contributed by atoms with Crippen LogP contribution in [0.4, 0.5) is 0 Å². The van der Waals surface area contributed by atoms with E-state index >= 15 is 0 Å². The highest BCUT2D eigenvalue weighted by atomic mass is 32.7. The van der Waals surface area contributed by atoms with Gasteiger partial charge in [0, 0.05) is 18.2 Å². The van der Waals surface area contributed by atoms with E-state index in [0.717, 1.165) is 0 Å². The molecule has 0 radical (unpaired) electrons. The second kappa shape index (κ2) is 6.28. The Morgan fingerprint density at radius 3 is 2.95 bits per heavy atom. The van der Waals surface area contributed by atoms with Crippen molar-refractivity contribution >= 4 is 19.5 Å². The molecule has 0 aliphatic carbocycles. The zero-order chi connectivity index (χ0) is 14.9. The molecule has 0 bridgehead atoms. The quantitative estimate of drug-likeness (QED) is 0.524. The Kier molecular flexibility index (Phi) is 4.87. The number of H-pyrrole nitrogens is 1. The van der Waals surface area contributed by atoms with Gasteiger partial charge in [0.2, 0.25) is 7.23 Å². The molecule has 2 rings (SSSR count). The van der Waals surface area contributed by atoms with Crippen molar-refractivity contribution in [2.24, 2.45) is 0 Å². The van der Waals surface area contributed by atoms with Crippen molar-refractivity contribution in [1.82, 2.24) is 9.55 Å². The summed E-state index contributed by atoms with van der Waals surface area (Å²) in [5, 5.41) is 9.22. The number of aromatic amines is 1. The van der Waals surface area contributed by atoms with Gasteiger partial charge in [0.25, 0.3) is 5.56 Å². The molecule has 1 saturated heterocycles. The molecule has 2 N–H and O–H groups in total. The maximum absolute atomic E-state index is 11.8. The second-order valence-electron chi connectivity index (χ2n) is 4.45. The maximum Gasteiger partial charge on any atom is 0.330 e. The Morgan fingerprint density at radius 2 is 2.35 bits per heavy atom. The van der Waals surface area contributed by atoms with E-state index < -0.39 is 36.9 Å². The fourth-order valence-corrected chi connectivity index (χ4v) is 3.00. The summed E-state index contributed by atoms with van der Waals surface area (Å²) in [5.41, 5.74) is -0.710. The van der Waals surface area contributed by atoms with Crippen molar-refractivity contribution in [3.05, 3.63) is 32.6 Å². The number of aryl methyl sites for hydroxylation is 1. The molecular formula is C10H15N2O6PS. The molecule has 10 heteroatoms. The number of nitrogens with one attached hydrogen (secondary N) is 1. The van der Waals surface area contributed by atoms with E-state index in [1.807, 2.05) is 0 Å². The van der Waals surface area contributed by atoms with Gasteiger partial charge in [-0.05, 0) is 6.92 Å². The van der Waals surface area contributed by atoms with E-state index in [1.165, 1.54) is 10.8 Å². The lowest BCUT2D eigenvalue weighted by Crippen LogP contribution is -2.33. The van der Waals surface area contributed by atoms with E-state index in [-0.39, 0.29) is 13.0 Å². The first-order valence-corrected chi connectivity index (χ1v) is 8.51. The van der Waals surface area contributed by atoms with E-state index in [1.54, 1.807) is 6.92 Å². The number of hydrogen-bond acceptors (Lipinski definition) is 6. The first-order valence-electron chi connectivity index (χ1n) is 5.90. The summed E-state index contributed by atoms with van der Waals surface area (Å²) in [4.78, 5) is 25.2. The van der Waals surface area contributed by atoms with Crippen LogP contribution in [0.15, 0.2) is 15.8 Å². The van der Waals surface area contributed by atoms with Crippen LogP contribution in [-0.2, 0) is 13.8 Å². The monoisotopic (exact) mass is 322 g/mol. The topological polar surface area (TPSA) is 111 Å². The minimum absolute atomic E-state index is 0.230. The van der Waals surface area contributed by atoms with Crippen LogP contribution < -0.4 is 11.2 Å². The molecule has 0 spiro atoms. The third-order valence-corrected chi connectivity index (χ3v) is 3.89. The lowest BCUT2D eigenvalue weighted by molar-refractivity contribution is -0.0410. The number of hydrogen-bond donors (Lipinski definition) is 3. The standard InChI is InChI=1S/C10H15N2O6PS/c1-5-3-12(10(15)11-9(5)14)8-2-6(18-19(16)20)7(4-13)17-8/h3,6-8,13,19H,2,4H2,1H3,(H,16,20)(H,11,14,15)/t6?,7-,8?/m1/s1.